The van der Waals surface area contributed by atoms with E-state index in [1.165, 1.54) is 4.88 Å². The summed E-state index contributed by atoms with van der Waals surface area (Å²) >= 11 is 1.71. The number of halogens is 1. The molecular formula is C10H12FN3S. The van der Waals surface area contributed by atoms with Crippen molar-refractivity contribution in [1.29, 1.82) is 0 Å². The van der Waals surface area contributed by atoms with Crippen molar-refractivity contribution in [3.05, 3.63) is 34.8 Å². The number of nitrogens with one attached hydrogen (secondary N) is 1. The minimum absolute atomic E-state index is 0.320. The van der Waals surface area contributed by atoms with Gasteiger partial charge in [-0.05, 0) is 11.4 Å². The Labute approximate surface area is 91.5 Å². The van der Waals surface area contributed by atoms with Crippen LogP contribution in [0.2, 0.25) is 0 Å². The van der Waals surface area contributed by atoms with Crippen LogP contribution in [0.5, 0.6) is 0 Å². The molecule has 0 aliphatic rings. The van der Waals surface area contributed by atoms with Crippen molar-refractivity contribution in [2.24, 2.45) is 0 Å². The van der Waals surface area contributed by atoms with Crippen LogP contribution in [0, 0.1) is 0 Å². The maximum absolute atomic E-state index is 12.0. The summed E-state index contributed by atoms with van der Waals surface area (Å²) in [7, 11) is 0. The number of alkyl halides is 1. The number of nitrogens with zero attached hydrogens (tertiary/aromatic N) is 2. The van der Waals surface area contributed by atoms with Crippen molar-refractivity contribution in [3.63, 3.8) is 0 Å². The highest BCUT2D eigenvalue weighted by atomic mass is 32.1. The van der Waals surface area contributed by atoms with Crippen LogP contribution in [-0.2, 0) is 13.1 Å². The van der Waals surface area contributed by atoms with Crippen LogP contribution in [-0.4, -0.2) is 16.5 Å². The maximum atomic E-state index is 12.0. The number of aryl methyl sites for hydroxylation is 1. The zero-order valence-electron chi connectivity index (χ0n) is 8.19. The molecule has 0 saturated heterocycles. The van der Waals surface area contributed by atoms with Gasteiger partial charge in [0.05, 0.1) is 18.4 Å². The summed E-state index contributed by atoms with van der Waals surface area (Å²) in [5, 5.41) is 9.30. The first-order valence-electron chi connectivity index (χ1n) is 4.73. The van der Waals surface area contributed by atoms with Gasteiger partial charge in [-0.2, -0.15) is 5.10 Å². The summed E-state index contributed by atoms with van der Waals surface area (Å²) in [6, 6.07) is 4.10. The van der Waals surface area contributed by atoms with Crippen molar-refractivity contribution in [3.8, 4) is 0 Å². The van der Waals surface area contributed by atoms with Gasteiger partial charge < -0.3 is 5.32 Å². The molecule has 0 bridgehead atoms. The van der Waals surface area contributed by atoms with Gasteiger partial charge in [-0.1, -0.05) is 6.07 Å². The Morgan fingerprint density at radius 2 is 2.47 bits per heavy atom. The Kier molecular flexibility index (Phi) is 3.34. The van der Waals surface area contributed by atoms with E-state index in [9.17, 15) is 4.39 Å². The third kappa shape index (κ3) is 2.79. The number of anilines is 1. The highest BCUT2D eigenvalue weighted by Gasteiger charge is 1.98. The minimum atomic E-state index is -0.383. The van der Waals surface area contributed by atoms with E-state index < -0.39 is 0 Å². The van der Waals surface area contributed by atoms with Gasteiger partial charge in [0.25, 0.3) is 0 Å². The number of aromatic nitrogens is 2. The molecule has 2 aromatic rings. The largest absolute Gasteiger partial charge is 0.378 e. The monoisotopic (exact) mass is 225 g/mol. The van der Waals surface area contributed by atoms with E-state index in [0.29, 0.717) is 6.54 Å². The molecule has 1 N–H and O–H groups in total. The van der Waals surface area contributed by atoms with E-state index >= 15 is 0 Å². The molecule has 0 spiro atoms. The van der Waals surface area contributed by atoms with E-state index in [1.807, 2.05) is 17.6 Å². The third-order valence-corrected chi connectivity index (χ3v) is 2.87. The molecule has 0 saturated carbocycles. The second kappa shape index (κ2) is 4.93. The molecule has 0 aromatic carbocycles. The SMILES string of the molecule is FCCn1cc(NCc2cccs2)cn1. The minimum Gasteiger partial charge on any atom is -0.378 e. The Hall–Kier alpha value is -1.36. The zero-order valence-corrected chi connectivity index (χ0v) is 9.01. The molecule has 0 fully saturated rings. The predicted octanol–water partition coefficient (Wildman–Crippen LogP) is 2.53. The van der Waals surface area contributed by atoms with E-state index in [-0.39, 0.29) is 6.67 Å². The van der Waals surface area contributed by atoms with Crippen LogP contribution in [0.25, 0.3) is 0 Å². The summed E-state index contributed by atoms with van der Waals surface area (Å²) < 4.78 is 13.6. The normalized spacial score (nSPS) is 10.5. The maximum Gasteiger partial charge on any atom is 0.109 e. The first-order chi connectivity index (χ1) is 7.38. The summed E-state index contributed by atoms with van der Waals surface area (Å²) in [4.78, 5) is 1.27. The topological polar surface area (TPSA) is 29.9 Å². The Bertz CT molecular complexity index is 396. The fourth-order valence-corrected chi connectivity index (χ4v) is 1.91. The second-order valence-corrected chi connectivity index (χ2v) is 4.15. The van der Waals surface area contributed by atoms with Gasteiger partial charge >= 0.3 is 0 Å². The Morgan fingerprint density at radius 3 is 3.20 bits per heavy atom. The van der Waals surface area contributed by atoms with E-state index in [4.69, 9.17) is 0 Å². The lowest BCUT2D eigenvalue weighted by Crippen LogP contribution is -1.99. The van der Waals surface area contributed by atoms with Gasteiger partial charge in [-0.3, -0.25) is 4.68 Å². The molecule has 5 heteroatoms. The lowest BCUT2D eigenvalue weighted by atomic mass is 10.4. The van der Waals surface area contributed by atoms with E-state index in [1.54, 1.807) is 22.2 Å². The van der Waals surface area contributed by atoms with Gasteiger partial charge in [0, 0.05) is 17.6 Å². The van der Waals surface area contributed by atoms with Gasteiger partial charge in [0.2, 0.25) is 0 Å². The summed E-state index contributed by atoms with van der Waals surface area (Å²) in [6.45, 7) is 0.728. The standard InChI is InChI=1S/C10H12FN3S/c11-3-4-14-8-9(6-13-14)12-7-10-2-1-5-15-10/h1-2,5-6,8,12H,3-4,7H2. The molecule has 2 heterocycles. The molecule has 80 valence electrons. The quantitative estimate of drug-likeness (QED) is 0.847. The molecule has 0 aliphatic heterocycles. The number of thiophene rings is 1. The average Bonchev–Trinajstić information content (AvgIpc) is 2.85. The van der Waals surface area contributed by atoms with Crippen LogP contribution in [0.1, 0.15) is 4.88 Å². The van der Waals surface area contributed by atoms with Crippen molar-refractivity contribution < 1.29 is 4.39 Å². The van der Waals surface area contributed by atoms with Crippen LogP contribution in [0.3, 0.4) is 0 Å². The Balaban J connectivity index is 1.88. The molecular weight excluding hydrogens is 213 g/mol. The van der Waals surface area contributed by atoms with Gasteiger partial charge in [-0.15, -0.1) is 11.3 Å². The number of hydrogen-bond donors (Lipinski definition) is 1. The third-order valence-electron chi connectivity index (χ3n) is 1.99. The molecule has 0 unspecified atom stereocenters. The molecule has 2 aromatic heterocycles. The lowest BCUT2D eigenvalue weighted by molar-refractivity contribution is 0.427. The molecule has 0 aliphatic carbocycles. The number of rotatable bonds is 5. The fourth-order valence-electron chi connectivity index (χ4n) is 1.27. The average molecular weight is 225 g/mol. The molecule has 15 heavy (non-hydrogen) atoms. The molecule has 0 amide bonds. The molecule has 0 radical (unpaired) electrons. The van der Waals surface area contributed by atoms with Gasteiger partial charge in [0.1, 0.15) is 6.67 Å². The van der Waals surface area contributed by atoms with Crippen LogP contribution < -0.4 is 5.32 Å². The van der Waals surface area contributed by atoms with E-state index in [0.717, 1.165) is 12.2 Å². The fraction of sp³-hybridized carbons (Fsp3) is 0.300. The Morgan fingerprint density at radius 1 is 1.53 bits per heavy atom. The van der Waals surface area contributed by atoms with Gasteiger partial charge in [0.15, 0.2) is 0 Å². The highest BCUT2D eigenvalue weighted by Crippen LogP contribution is 2.12. The van der Waals surface area contributed by atoms with Crippen LogP contribution in [0.4, 0.5) is 10.1 Å². The van der Waals surface area contributed by atoms with Crippen molar-refractivity contribution in [1.82, 2.24) is 9.78 Å². The number of hydrogen-bond acceptors (Lipinski definition) is 3. The predicted molar refractivity (Wildman–Crippen MR) is 59.8 cm³/mol. The molecule has 3 nitrogen and oxygen atoms in total. The van der Waals surface area contributed by atoms with Crippen molar-refractivity contribution in [2.45, 2.75) is 13.1 Å². The van der Waals surface area contributed by atoms with Crippen molar-refractivity contribution >= 4 is 17.0 Å². The van der Waals surface area contributed by atoms with Crippen LogP contribution >= 0.6 is 11.3 Å². The molecule has 2 rings (SSSR count). The van der Waals surface area contributed by atoms with Crippen LogP contribution in [0.15, 0.2) is 29.9 Å². The zero-order chi connectivity index (χ0) is 10.5. The molecule has 0 atom stereocenters. The smallest absolute Gasteiger partial charge is 0.109 e. The first-order valence-corrected chi connectivity index (χ1v) is 5.61. The summed E-state index contributed by atoms with van der Waals surface area (Å²) in [5.41, 5.74) is 0.928. The summed E-state index contributed by atoms with van der Waals surface area (Å²) in [5.74, 6) is 0. The first kappa shape index (κ1) is 10.2. The summed E-state index contributed by atoms with van der Waals surface area (Å²) in [6.07, 6.45) is 3.52. The lowest BCUT2D eigenvalue weighted by Gasteiger charge is -1.99. The van der Waals surface area contributed by atoms with E-state index in [2.05, 4.69) is 16.5 Å². The highest BCUT2D eigenvalue weighted by molar-refractivity contribution is 7.09. The van der Waals surface area contributed by atoms with Crippen molar-refractivity contribution in [2.75, 3.05) is 12.0 Å². The second-order valence-electron chi connectivity index (χ2n) is 3.11. The van der Waals surface area contributed by atoms with Gasteiger partial charge in [-0.25, -0.2) is 4.39 Å².